The number of hydrogen-bond acceptors (Lipinski definition) is 7. The fraction of sp³-hybridized carbons (Fsp3) is 0.412. The van der Waals surface area contributed by atoms with E-state index in [9.17, 15) is 14.4 Å². The average molecular weight is 379 g/mol. The summed E-state index contributed by atoms with van der Waals surface area (Å²) in [6.45, 7) is 3.05. The zero-order valence-electron chi connectivity index (χ0n) is 14.6. The normalized spacial score (nSPS) is 11.8. The molecule has 8 nitrogen and oxygen atoms in total. The van der Waals surface area contributed by atoms with Crippen LogP contribution >= 0.6 is 11.3 Å². The van der Waals surface area contributed by atoms with Gasteiger partial charge in [0.05, 0.1) is 16.8 Å². The molecule has 0 aliphatic carbocycles. The van der Waals surface area contributed by atoms with Crippen LogP contribution in [0.15, 0.2) is 24.3 Å². The molecular formula is C17H21N3O5S. The molecule has 2 aromatic rings. The van der Waals surface area contributed by atoms with Gasteiger partial charge in [-0.15, -0.1) is 11.3 Å². The Labute approximate surface area is 154 Å². The zero-order chi connectivity index (χ0) is 18.9. The smallest absolute Gasteiger partial charge is 0.332 e. The van der Waals surface area contributed by atoms with Crippen molar-refractivity contribution in [3.63, 3.8) is 0 Å². The maximum absolute atomic E-state index is 11.6. The van der Waals surface area contributed by atoms with Crippen molar-refractivity contribution in [2.24, 2.45) is 0 Å². The van der Waals surface area contributed by atoms with Crippen LogP contribution in [-0.4, -0.2) is 42.1 Å². The summed E-state index contributed by atoms with van der Waals surface area (Å²) in [5, 5.41) is 5.40. The molecule has 0 saturated heterocycles. The second-order valence-corrected chi connectivity index (χ2v) is 6.67. The molecule has 1 aromatic heterocycles. The van der Waals surface area contributed by atoms with Crippen LogP contribution < -0.4 is 10.6 Å². The number of rotatable bonds is 8. The Kier molecular flexibility index (Phi) is 7.49. The van der Waals surface area contributed by atoms with Crippen LogP contribution in [-0.2, 0) is 25.7 Å². The Morgan fingerprint density at radius 3 is 2.73 bits per heavy atom. The third kappa shape index (κ3) is 6.41. The van der Waals surface area contributed by atoms with Crippen molar-refractivity contribution in [3.05, 3.63) is 29.3 Å². The third-order valence-electron chi connectivity index (χ3n) is 3.39. The van der Waals surface area contributed by atoms with Crippen molar-refractivity contribution in [2.75, 3.05) is 13.2 Å². The van der Waals surface area contributed by atoms with Crippen LogP contribution in [0.5, 0.6) is 0 Å². The summed E-state index contributed by atoms with van der Waals surface area (Å²) in [6.07, 6.45) is 0.739. The Balaban J connectivity index is 1.64. The standard InChI is InChI=1S/C17H21N3O5S/c1-3-11(2)18-17(23)20-14(21)8-25-16(22)10-24-9-15-19-12-6-4-5-7-13(12)26-15/h4-7,11H,3,8-10H2,1-2H3,(H2,18,20,21,23)/t11-/m0/s1. The topological polar surface area (TPSA) is 107 Å². The number of hydrogen-bond donors (Lipinski definition) is 2. The third-order valence-corrected chi connectivity index (χ3v) is 4.40. The van der Waals surface area contributed by atoms with Gasteiger partial charge in [0.1, 0.15) is 11.6 Å². The lowest BCUT2D eigenvalue weighted by molar-refractivity contribution is -0.153. The number of para-hydroxylation sites is 1. The van der Waals surface area contributed by atoms with E-state index >= 15 is 0 Å². The van der Waals surface area contributed by atoms with E-state index in [2.05, 4.69) is 15.6 Å². The van der Waals surface area contributed by atoms with Crippen LogP contribution in [0.1, 0.15) is 25.3 Å². The highest BCUT2D eigenvalue weighted by molar-refractivity contribution is 7.18. The molecule has 1 heterocycles. The van der Waals surface area contributed by atoms with E-state index in [0.717, 1.165) is 21.6 Å². The number of thiazole rings is 1. The lowest BCUT2D eigenvalue weighted by Crippen LogP contribution is -2.44. The molecule has 0 spiro atoms. The van der Waals surface area contributed by atoms with Crippen LogP contribution in [0.3, 0.4) is 0 Å². The quantitative estimate of drug-likeness (QED) is 0.679. The average Bonchev–Trinajstić information content (AvgIpc) is 3.02. The second-order valence-electron chi connectivity index (χ2n) is 5.56. The molecule has 1 atom stereocenters. The van der Waals surface area contributed by atoms with E-state index in [1.165, 1.54) is 11.3 Å². The molecule has 0 radical (unpaired) electrons. The van der Waals surface area contributed by atoms with Crippen LogP contribution in [0.25, 0.3) is 10.2 Å². The lowest BCUT2D eigenvalue weighted by atomic mass is 10.3. The van der Waals surface area contributed by atoms with Gasteiger partial charge in [-0.25, -0.2) is 14.6 Å². The van der Waals surface area contributed by atoms with Crippen molar-refractivity contribution >= 4 is 39.5 Å². The van der Waals surface area contributed by atoms with Gasteiger partial charge in [0.25, 0.3) is 5.91 Å². The van der Waals surface area contributed by atoms with Gasteiger partial charge in [-0.2, -0.15) is 0 Å². The molecule has 0 unspecified atom stereocenters. The van der Waals surface area contributed by atoms with Gasteiger partial charge in [0, 0.05) is 6.04 Å². The minimum atomic E-state index is -0.703. The van der Waals surface area contributed by atoms with Crippen molar-refractivity contribution < 1.29 is 23.9 Å². The van der Waals surface area contributed by atoms with Gasteiger partial charge in [-0.3, -0.25) is 10.1 Å². The SMILES string of the molecule is CC[C@H](C)NC(=O)NC(=O)COC(=O)COCc1nc2ccccc2s1. The number of fused-ring (bicyclic) bond motifs is 1. The lowest BCUT2D eigenvalue weighted by Gasteiger charge is -2.11. The number of nitrogens with zero attached hydrogens (tertiary/aromatic N) is 1. The van der Waals surface area contributed by atoms with Crippen molar-refractivity contribution in [3.8, 4) is 0 Å². The van der Waals surface area contributed by atoms with Crippen molar-refractivity contribution in [1.82, 2.24) is 15.6 Å². The first-order valence-corrected chi connectivity index (χ1v) is 8.97. The molecule has 0 aliphatic heterocycles. The molecule has 2 N–H and O–H groups in total. The van der Waals surface area contributed by atoms with Gasteiger partial charge in [0.2, 0.25) is 0 Å². The second kappa shape index (κ2) is 9.83. The first kappa shape index (κ1) is 19.8. The van der Waals surface area contributed by atoms with Crippen LogP contribution in [0.4, 0.5) is 4.79 Å². The number of benzene rings is 1. The highest BCUT2D eigenvalue weighted by atomic mass is 32.1. The van der Waals surface area contributed by atoms with Gasteiger partial charge >= 0.3 is 12.0 Å². The van der Waals surface area contributed by atoms with Crippen molar-refractivity contribution in [2.45, 2.75) is 32.9 Å². The summed E-state index contributed by atoms with van der Waals surface area (Å²) in [5.41, 5.74) is 0.881. The van der Waals surface area contributed by atoms with E-state index in [-0.39, 0.29) is 19.3 Å². The number of imide groups is 1. The molecule has 3 amide bonds. The number of carbonyl (C=O) groups is 3. The fourth-order valence-electron chi connectivity index (χ4n) is 1.92. The maximum atomic E-state index is 11.6. The summed E-state index contributed by atoms with van der Waals surface area (Å²) >= 11 is 1.48. The number of nitrogens with one attached hydrogen (secondary N) is 2. The van der Waals surface area contributed by atoms with Gasteiger partial charge in [-0.1, -0.05) is 19.1 Å². The number of carbonyl (C=O) groups excluding carboxylic acids is 3. The number of esters is 1. The summed E-state index contributed by atoms with van der Waals surface area (Å²) in [7, 11) is 0. The van der Waals surface area contributed by atoms with Gasteiger partial charge in [-0.05, 0) is 25.5 Å². The number of ether oxygens (including phenoxy) is 2. The molecule has 140 valence electrons. The summed E-state index contributed by atoms with van der Waals surface area (Å²) in [4.78, 5) is 38.9. The molecule has 26 heavy (non-hydrogen) atoms. The van der Waals surface area contributed by atoms with E-state index < -0.39 is 24.5 Å². The van der Waals surface area contributed by atoms with Crippen LogP contribution in [0.2, 0.25) is 0 Å². The molecule has 9 heteroatoms. The molecule has 0 bridgehead atoms. The van der Waals surface area contributed by atoms with Crippen molar-refractivity contribution in [1.29, 1.82) is 0 Å². The number of aromatic nitrogens is 1. The molecular weight excluding hydrogens is 358 g/mol. The summed E-state index contributed by atoms with van der Waals surface area (Å²) < 4.78 is 11.1. The Morgan fingerprint density at radius 1 is 1.23 bits per heavy atom. The van der Waals surface area contributed by atoms with E-state index in [0.29, 0.717) is 0 Å². The summed E-state index contributed by atoms with van der Waals surface area (Å²) in [6, 6.07) is 7.02. The minimum Gasteiger partial charge on any atom is -0.454 e. The van der Waals surface area contributed by atoms with E-state index in [1.54, 1.807) is 0 Å². The molecule has 0 fully saturated rings. The molecule has 1 aromatic carbocycles. The van der Waals surface area contributed by atoms with E-state index in [1.807, 2.05) is 38.1 Å². The molecule has 0 saturated carbocycles. The van der Waals surface area contributed by atoms with Gasteiger partial charge in [0.15, 0.2) is 6.61 Å². The Bertz CT molecular complexity index is 744. The predicted molar refractivity (Wildman–Crippen MR) is 96.7 cm³/mol. The highest BCUT2D eigenvalue weighted by Gasteiger charge is 2.12. The fourth-order valence-corrected chi connectivity index (χ4v) is 2.82. The maximum Gasteiger partial charge on any atom is 0.332 e. The number of amides is 3. The first-order valence-electron chi connectivity index (χ1n) is 8.16. The monoisotopic (exact) mass is 379 g/mol. The Hall–Kier alpha value is -2.52. The first-order chi connectivity index (χ1) is 12.5. The Morgan fingerprint density at radius 2 is 2.00 bits per heavy atom. The molecule has 2 rings (SSSR count). The highest BCUT2D eigenvalue weighted by Crippen LogP contribution is 2.21. The minimum absolute atomic E-state index is 0.0544. The van der Waals surface area contributed by atoms with Gasteiger partial charge < -0.3 is 14.8 Å². The molecule has 0 aliphatic rings. The van der Waals surface area contributed by atoms with Crippen LogP contribution in [0, 0.1) is 0 Å². The van der Waals surface area contributed by atoms with E-state index in [4.69, 9.17) is 9.47 Å². The zero-order valence-corrected chi connectivity index (χ0v) is 15.4. The number of urea groups is 1. The predicted octanol–water partition coefficient (Wildman–Crippen LogP) is 1.98. The summed E-state index contributed by atoms with van der Waals surface area (Å²) in [5.74, 6) is -1.39. The largest absolute Gasteiger partial charge is 0.454 e.